The van der Waals surface area contributed by atoms with Gasteiger partial charge in [0.05, 0.1) is 0 Å². The van der Waals surface area contributed by atoms with E-state index in [0.717, 1.165) is 18.6 Å². The predicted molar refractivity (Wildman–Crippen MR) is 87.3 cm³/mol. The molecule has 0 saturated heterocycles. The Labute approximate surface area is 124 Å². The number of hydrogen-bond donors (Lipinski definition) is 1. The van der Waals surface area contributed by atoms with Crippen molar-refractivity contribution < 1.29 is 0 Å². The molecule has 1 unspecified atom stereocenters. The van der Waals surface area contributed by atoms with Gasteiger partial charge in [0.2, 0.25) is 0 Å². The van der Waals surface area contributed by atoms with E-state index >= 15 is 0 Å². The lowest BCUT2D eigenvalue weighted by molar-refractivity contribution is 0.551. The second-order valence-electron chi connectivity index (χ2n) is 4.46. The second kappa shape index (κ2) is 7.73. The fraction of sp³-hybridized carbons (Fsp3) is 0.375. The van der Waals surface area contributed by atoms with E-state index in [-0.39, 0.29) is 0 Å². The molecule has 2 rings (SSSR count). The lowest BCUT2D eigenvalue weighted by Crippen LogP contribution is -2.16. The van der Waals surface area contributed by atoms with Crippen LogP contribution in [0.3, 0.4) is 0 Å². The van der Waals surface area contributed by atoms with Crippen molar-refractivity contribution in [3.63, 3.8) is 0 Å². The molecule has 102 valence electrons. The van der Waals surface area contributed by atoms with Crippen molar-refractivity contribution in [1.29, 1.82) is 0 Å². The molecule has 0 saturated carbocycles. The van der Waals surface area contributed by atoms with E-state index in [0.29, 0.717) is 6.04 Å². The first-order valence-electron chi connectivity index (χ1n) is 6.76. The number of thioether (sulfide) groups is 1. The Hall–Kier alpha value is -0.770. The molecular weight excluding hydrogens is 270 g/mol. The fourth-order valence-electron chi connectivity index (χ4n) is 2.18. The highest BCUT2D eigenvalue weighted by atomic mass is 32.2. The molecule has 1 heterocycles. The van der Waals surface area contributed by atoms with Crippen molar-refractivity contribution in [3.8, 4) is 0 Å². The number of aryl methyl sites for hydroxylation is 1. The SMILES string of the molecule is CCSc1ccc(C(CCc2cccs2)NC)cc1. The standard InChI is InChI=1S/C16H21NS2/c1-3-18-15-8-6-13(7-9-15)16(17-2)11-10-14-5-4-12-19-14/h4-9,12,16-17H,3,10-11H2,1-2H3. The third kappa shape index (κ3) is 4.37. The van der Waals surface area contributed by atoms with Crippen LogP contribution in [-0.2, 0) is 6.42 Å². The molecule has 0 aliphatic heterocycles. The van der Waals surface area contributed by atoms with Gasteiger partial charge in [0.15, 0.2) is 0 Å². The molecule has 19 heavy (non-hydrogen) atoms. The highest BCUT2D eigenvalue weighted by molar-refractivity contribution is 7.99. The zero-order chi connectivity index (χ0) is 13.5. The Morgan fingerprint density at radius 2 is 2.00 bits per heavy atom. The van der Waals surface area contributed by atoms with E-state index in [1.807, 2.05) is 30.1 Å². The summed E-state index contributed by atoms with van der Waals surface area (Å²) in [6.07, 6.45) is 2.30. The lowest BCUT2D eigenvalue weighted by Gasteiger charge is -2.16. The number of thiophene rings is 1. The van der Waals surface area contributed by atoms with Crippen molar-refractivity contribution in [2.75, 3.05) is 12.8 Å². The largest absolute Gasteiger partial charge is 0.313 e. The van der Waals surface area contributed by atoms with Gasteiger partial charge in [0.25, 0.3) is 0 Å². The van der Waals surface area contributed by atoms with Crippen LogP contribution in [0, 0.1) is 0 Å². The van der Waals surface area contributed by atoms with Gasteiger partial charge in [-0.25, -0.2) is 0 Å². The van der Waals surface area contributed by atoms with Gasteiger partial charge in [-0.3, -0.25) is 0 Å². The summed E-state index contributed by atoms with van der Waals surface area (Å²) in [5, 5.41) is 5.58. The average Bonchev–Trinajstić information content (AvgIpc) is 2.95. The molecule has 0 spiro atoms. The smallest absolute Gasteiger partial charge is 0.0320 e. The Balaban J connectivity index is 1.96. The van der Waals surface area contributed by atoms with Crippen LogP contribution >= 0.6 is 23.1 Å². The average molecular weight is 291 g/mol. The summed E-state index contributed by atoms with van der Waals surface area (Å²) in [7, 11) is 2.05. The van der Waals surface area contributed by atoms with Crippen LogP contribution in [0.4, 0.5) is 0 Å². The first-order chi connectivity index (χ1) is 9.33. The Morgan fingerprint density at radius 3 is 2.58 bits per heavy atom. The first-order valence-corrected chi connectivity index (χ1v) is 8.62. The van der Waals surface area contributed by atoms with Gasteiger partial charge >= 0.3 is 0 Å². The molecular formula is C16H21NS2. The lowest BCUT2D eigenvalue weighted by atomic mass is 10.0. The minimum absolute atomic E-state index is 0.447. The van der Waals surface area contributed by atoms with Gasteiger partial charge in [-0.05, 0) is 54.8 Å². The van der Waals surface area contributed by atoms with Crippen LogP contribution in [-0.4, -0.2) is 12.8 Å². The van der Waals surface area contributed by atoms with Gasteiger partial charge in [-0.1, -0.05) is 25.1 Å². The molecule has 1 aromatic heterocycles. The topological polar surface area (TPSA) is 12.0 Å². The van der Waals surface area contributed by atoms with Gasteiger partial charge in [0.1, 0.15) is 0 Å². The van der Waals surface area contributed by atoms with Crippen LogP contribution in [0.1, 0.15) is 29.8 Å². The molecule has 0 aliphatic carbocycles. The van der Waals surface area contributed by atoms with Gasteiger partial charge in [-0.2, -0.15) is 0 Å². The van der Waals surface area contributed by atoms with Gasteiger partial charge in [-0.15, -0.1) is 23.1 Å². The van der Waals surface area contributed by atoms with Crippen LogP contribution in [0.15, 0.2) is 46.7 Å². The molecule has 2 aromatic rings. The summed E-state index contributed by atoms with van der Waals surface area (Å²) in [5.41, 5.74) is 1.39. The van der Waals surface area contributed by atoms with E-state index in [2.05, 4.69) is 54.0 Å². The quantitative estimate of drug-likeness (QED) is 0.739. The highest BCUT2D eigenvalue weighted by Gasteiger charge is 2.09. The summed E-state index contributed by atoms with van der Waals surface area (Å²) in [5.74, 6) is 1.13. The molecule has 3 heteroatoms. The van der Waals surface area contributed by atoms with Crippen LogP contribution in [0.25, 0.3) is 0 Å². The van der Waals surface area contributed by atoms with E-state index in [1.165, 1.54) is 15.3 Å². The second-order valence-corrected chi connectivity index (χ2v) is 6.83. The number of hydrogen-bond acceptors (Lipinski definition) is 3. The van der Waals surface area contributed by atoms with E-state index in [1.54, 1.807) is 0 Å². The number of benzene rings is 1. The summed E-state index contributed by atoms with van der Waals surface area (Å²) >= 11 is 3.74. The molecule has 1 atom stereocenters. The summed E-state index contributed by atoms with van der Waals surface area (Å²) < 4.78 is 0. The summed E-state index contributed by atoms with van der Waals surface area (Å²) in [6, 6.07) is 13.8. The van der Waals surface area contributed by atoms with E-state index < -0.39 is 0 Å². The number of nitrogens with one attached hydrogen (secondary N) is 1. The predicted octanol–water partition coefficient (Wildman–Crippen LogP) is 4.75. The fourth-order valence-corrected chi connectivity index (χ4v) is 3.57. The molecule has 1 aromatic carbocycles. The third-order valence-electron chi connectivity index (χ3n) is 3.20. The monoisotopic (exact) mass is 291 g/mol. The molecule has 0 fully saturated rings. The molecule has 1 N–H and O–H groups in total. The highest BCUT2D eigenvalue weighted by Crippen LogP contribution is 2.24. The van der Waals surface area contributed by atoms with E-state index in [9.17, 15) is 0 Å². The maximum Gasteiger partial charge on any atom is 0.0320 e. The van der Waals surface area contributed by atoms with Crippen molar-refractivity contribution in [2.24, 2.45) is 0 Å². The zero-order valence-corrected chi connectivity index (χ0v) is 13.2. The van der Waals surface area contributed by atoms with Crippen molar-refractivity contribution in [2.45, 2.75) is 30.7 Å². The van der Waals surface area contributed by atoms with Crippen molar-refractivity contribution in [3.05, 3.63) is 52.2 Å². The van der Waals surface area contributed by atoms with Crippen LogP contribution in [0.5, 0.6) is 0 Å². The third-order valence-corrected chi connectivity index (χ3v) is 5.03. The summed E-state index contributed by atoms with van der Waals surface area (Å²) in [6.45, 7) is 2.19. The van der Waals surface area contributed by atoms with Crippen molar-refractivity contribution in [1.82, 2.24) is 5.32 Å². The maximum atomic E-state index is 3.43. The van der Waals surface area contributed by atoms with Gasteiger partial charge < -0.3 is 5.32 Å². The van der Waals surface area contributed by atoms with Gasteiger partial charge in [0, 0.05) is 15.8 Å². The molecule has 0 bridgehead atoms. The zero-order valence-electron chi connectivity index (χ0n) is 11.6. The van der Waals surface area contributed by atoms with Crippen LogP contribution < -0.4 is 5.32 Å². The molecule has 0 radical (unpaired) electrons. The Kier molecular flexibility index (Phi) is 5.95. The van der Waals surface area contributed by atoms with Crippen molar-refractivity contribution >= 4 is 23.1 Å². The molecule has 0 aliphatic rings. The normalized spacial score (nSPS) is 12.5. The minimum atomic E-state index is 0.447. The summed E-state index contributed by atoms with van der Waals surface area (Å²) in [4.78, 5) is 2.83. The minimum Gasteiger partial charge on any atom is -0.313 e. The Morgan fingerprint density at radius 1 is 1.21 bits per heavy atom. The van der Waals surface area contributed by atoms with E-state index in [4.69, 9.17) is 0 Å². The number of rotatable bonds is 7. The first kappa shape index (κ1) is 14.6. The Bertz CT molecular complexity index is 462. The van der Waals surface area contributed by atoms with Crippen LogP contribution in [0.2, 0.25) is 0 Å². The molecule has 0 amide bonds. The maximum absolute atomic E-state index is 3.43. The molecule has 1 nitrogen and oxygen atoms in total.